The van der Waals surface area contributed by atoms with Gasteiger partial charge in [-0.1, -0.05) is 48.0 Å². The Balaban J connectivity index is 1.98. The second kappa shape index (κ2) is 7.60. The van der Waals surface area contributed by atoms with Gasteiger partial charge in [-0.25, -0.2) is 8.42 Å². The van der Waals surface area contributed by atoms with Gasteiger partial charge in [0.25, 0.3) is 0 Å². The van der Waals surface area contributed by atoms with Gasteiger partial charge in [-0.2, -0.15) is 4.31 Å². The van der Waals surface area contributed by atoms with Gasteiger partial charge >= 0.3 is 5.97 Å². The molecule has 1 heterocycles. The fourth-order valence-corrected chi connectivity index (χ4v) is 5.00. The Bertz CT molecular complexity index is 862. The highest BCUT2D eigenvalue weighted by Crippen LogP contribution is 2.39. The first kappa shape index (κ1) is 18.6. The number of carbonyl (C=O) groups excluding carboxylic acids is 1. The lowest BCUT2D eigenvalue weighted by Crippen LogP contribution is -2.32. The predicted octanol–water partition coefficient (Wildman–Crippen LogP) is 3.31. The van der Waals surface area contributed by atoms with Gasteiger partial charge in [0.05, 0.1) is 23.5 Å². The summed E-state index contributed by atoms with van der Waals surface area (Å²) >= 11 is 0. The number of hydrogen-bond donors (Lipinski definition) is 0. The summed E-state index contributed by atoms with van der Waals surface area (Å²) in [5.74, 6) is -0.796. The summed E-state index contributed by atoms with van der Waals surface area (Å²) in [7, 11) is -3.71. The van der Waals surface area contributed by atoms with Crippen LogP contribution in [0.15, 0.2) is 59.5 Å². The fourth-order valence-electron chi connectivity index (χ4n) is 3.33. The molecule has 0 N–H and O–H groups in total. The maximum Gasteiger partial charge on any atom is 0.310 e. The Morgan fingerprint density at radius 2 is 1.77 bits per heavy atom. The number of sulfonamides is 1. The third kappa shape index (κ3) is 3.66. The van der Waals surface area contributed by atoms with E-state index in [2.05, 4.69) is 0 Å². The van der Waals surface area contributed by atoms with Gasteiger partial charge in [0.2, 0.25) is 10.0 Å². The maximum absolute atomic E-state index is 13.2. The smallest absolute Gasteiger partial charge is 0.310 e. The van der Waals surface area contributed by atoms with E-state index in [9.17, 15) is 13.2 Å². The number of rotatable bonds is 5. The van der Waals surface area contributed by atoms with Gasteiger partial charge in [0, 0.05) is 6.54 Å². The van der Waals surface area contributed by atoms with E-state index in [0.717, 1.165) is 11.1 Å². The molecule has 5 nitrogen and oxygen atoms in total. The number of benzene rings is 2. The second-order valence-electron chi connectivity index (χ2n) is 6.50. The van der Waals surface area contributed by atoms with Crippen molar-refractivity contribution in [2.75, 3.05) is 13.2 Å². The zero-order valence-corrected chi connectivity index (χ0v) is 15.8. The molecule has 2 unspecified atom stereocenters. The van der Waals surface area contributed by atoms with Crippen molar-refractivity contribution in [1.82, 2.24) is 4.31 Å². The standard InChI is InChI=1S/C20H23NO4S/c1-3-25-20(22)17-13-19(16-7-5-4-6-8-16)21(14-17)26(23,24)18-11-9-15(2)10-12-18/h4-12,17,19H,3,13-14H2,1-2H3. The van der Waals surface area contributed by atoms with Crippen LogP contribution in [0.1, 0.15) is 30.5 Å². The van der Waals surface area contributed by atoms with Crippen LogP contribution < -0.4 is 0 Å². The van der Waals surface area contributed by atoms with Gasteiger partial charge in [0.15, 0.2) is 0 Å². The molecule has 0 bridgehead atoms. The van der Waals surface area contributed by atoms with Crippen molar-refractivity contribution in [3.8, 4) is 0 Å². The minimum absolute atomic E-state index is 0.134. The van der Waals surface area contributed by atoms with E-state index < -0.39 is 15.9 Å². The number of hydrogen-bond acceptors (Lipinski definition) is 4. The summed E-state index contributed by atoms with van der Waals surface area (Å²) < 4.78 is 33.0. The van der Waals surface area contributed by atoms with E-state index in [1.807, 2.05) is 37.3 Å². The van der Waals surface area contributed by atoms with Crippen LogP contribution in [0.5, 0.6) is 0 Å². The summed E-state index contributed by atoms with van der Waals surface area (Å²) in [6.07, 6.45) is 0.425. The largest absolute Gasteiger partial charge is 0.466 e. The quantitative estimate of drug-likeness (QED) is 0.755. The van der Waals surface area contributed by atoms with Gasteiger partial charge in [-0.3, -0.25) is 4.79 Å². The topological polar surface area (TPSA) is 63.7 Å². The Hall–Kier alpha value is -2.18. The zero-order valence-electron chi connectivity index (χ0n) is 15.0. The molecule has 1 fully saturated rings. The van der Waals surface area contributed by atoms with Crippen LogP contribution in [0, 0.1) is 12.8 Å². The first-order valence-electron chi connectivity index (χ1n) is 8.73. The lowest BCUT2D eigenvalue weighted by molar-refractivity contribution is -0.147. The van der Waals surface area contributed by atoms with Crippen LogP contribution in [0.2, 0.25) is 0 Å². The predicted molar refractivity (Wildman–Crippen MR) is 99.0 cm³/mol. The van der Waals surface area contributed by atoms with Crippen LogP contribution in [0.25, 0.3) is 0 Å². The van der Waals surface area contributed by atoms with E-state index in [1.54, 1.807) is 31.2 Å². The Morgan fingerprint density at radius 3 is 2.38 bits per heavy atom. The molecule has 1 aliphatic rings. The van der Waals surface area contributed by atoms with Crippen LogP contribution in [-0.2, 0) is 19.6 Å². The van der Waals surface area contributed by atoms with E-state index in [1.165, 1.54) is 4.31 Å². The Kier molecular flexibility index (Phi) is 5.44. The summed E-state index contributed by atoms with van der Waals surface area (Å²) in [4.78, 5) is 12.5. The number of nitrogens with zero attached hydrogens (tertiary/aromatic N) is 1. The molecule has 0 aliphatic carbocycles. The van der Waals surface area contributed by atoms with E-state index >= 15 is 0 Å². The molecule has 0 amide bonds. The molecule has 0 radical (unpaired) electrons. The molecule has 138 valence electrons. The number of carbonyl (C=O) groups is 1. The second-order valence-corrected chi connectivity index (χ2v) is 8.39. The highest BCUT2D eigenvalue weighted by molar-refractivity contribution is 7.89. The van der Waals surface area contributed by atoms with Crippen molar-refractivity contribution >= 4 is 16.0 Å². The van der Waals surface area contributed by atoms with Crippen LogP contribution in [-0.4, -0.2) is 31.8 Å². The summed E-state index contributed by atoms with van der Waals surface area (Å²) in [6.45, 7) is 4.09. The van der Waals surface area contributed by atoms with Crippen molar-refractivity contribution in [3.63, 3.8) is 0 Å². The first-order valence-corrected chi connectivity index (χ1v) is 10.2. The monoisotopic (exact) mass is 373 g/mol. The minimum atomic E-state index is -3.71. The zero-order chi connectivity index (χ0) is 18.7. The van der Waals surface area contributed by atoms with E-state index in [0.29, 0.717) is 6.42 Å². The number of esters is 1. The average Bonchev–Trinajstić information content (AvgIpc) is 3.09. The molecule has 0 spiro atoms. The molecule has 0 saturated carbocycles. The van der Waals surface area contributed by atoms with Gasteiger partial charge in [-0.05, 0) is 38.0 Å². The molecule has 26 heavy (non-hydrogen) atoms. The third-order valence-electron chi connectivity index (χ3n) is 4.69. The molecule has 6 heteroatoms. The Morgan fingerprint density at radius 1 is 1.12 bits per heavy atom. The molecule has 1 aliphatic heterocycles. The van der Waals surface area contributed by atoms with Crippen LogP contribution >= 0.6 is 0 Å². The normalized spacial score (nSPS) is 20.8. The fraction of sp³-hybridized carbons (Fsp3) is 0.350. The summed E-state index contributed by atoms with van der Waals surface area (Å²) in [5.41, 5.74) is 1.88. The molecule has 2 aromatic carbocycles. The van der Waals surface area contributed by atoms with Gasteiger partial charge in [-0.15, -0.1) is 0 Å². The third-order valence-corrected chi connectivity index (χ3v) is 6.58. The SMILES string of the molecule is CCOC(=O)C1CC(c2ccccc2)N(S(=O)(=O)c2ccc(C)cc2)C1. The number of aryl methyl sites for hydroxylation is 1. The van der Waals surface area contributed by atoms with Gasteiger partial charge < -0.3 is 4.74 Å². The summed E-state index contributed by atoms with van der Waals surface area (Å²) in [5, 5.41) is 0. The number of ether oxygens (including phenoxy) is 1. The van der Waals surface area contributed by atoms with Crippen molar-refractivity contribution in [2.45, 2.75) is 31.2 Å². The van der Waals surface area contributed by atoms with Crippen LogP contribution in [0.3, 0.4) is 0 Å². The highest BCUT2D eigenvalue weighted by Gasteiger charge is 2.44. The highest BCUT2D eigenvalue weighted by atomic mass is 32.2. The molecule has 3 rings (SSSR count). The maximum atomic E-state index is 13.2. The first-order chi connectivity index (χ1) is 12.4. The van der Waals surface area contributed by atoms with Crippen molar-refractivity contribution < 1.29 is 17.9 Å². The lowest BCUT2D eigenvalue weighted by Gasteiger charge is -2.24. The molecular formula is C20H23NO4S. The minimum Gasteiger partial charge on any atom is -0.466 e. The molecule has 2 aromatic rings. The lowest BCUT2D eigenvalue weighted by atomic mass is 10.0. The van der Waals surface area contributed by atoms with Crippen LogP contribution in [0.4, 0.5) is 0 Å². The van der Waals surface area contributed by atoms with Crippen molar-refractivity contribution in [3.05, 3.63) is 65.7 Å². The molecule has 2 atom stereocenters. The summed E-state index contributed by atoms with van der Waals surface area (Å²) in [6, 6.07) is 15.9. The average molecular weight is 373 g/mol. The molecule has 0 aromatic heterocycles. The Labute approximate surface area is 154 Å². The van der Waals surface area contributed by atoms with Gasteiger partial charge in [0.1, 0.15) is 0 Å². The van der Waals surface area contributed by atoms with E-state index in [-0.39, 0.29) is 30.1 Å². The van der Waals surface area contributed by atoms with Crippen molar-refractivity contribution in [2.24, 2.45) is 5.92 Å². The van der Waals surface area contributed by atoms with Crippen molar-refractivity contribution in [1.29, 1.82) is 0 Å². The van der Waals surface area contributed by atoms with E-state index in [4.69, 9.17) is 4.74 Å². The molecular weight excluding hydrogens is 350 g/mol. The molecule has 1 saturated heterocycles.